The van der Waals surface area contributed by atoms with E-state index in [1.54, 1.807) is 11.0 Å². The average molecular weight is 305 g/mol. The second-order valence-electron chi connectivity index (χ2n) is 4.75. The maximum atomic E-state index is 12.5. The first kappa shape index (κ1) is 15.3. The Bertz CT molecular complexity index is 658. The number of hydrogen-bond acceptors (Lipinski definition) is 3. The van der Waals surface area contributed by atoms with E-state index in [0.717, 1.165) is 11.4 Å². The molecule has 0 fully saturated rings. The molecule has 0 aliphatic carbocycles. The number of aryl methyl sites for hydroxylation is 1. The molecule has 1 N–H and O–H groups in total. The first-order valence-corrected chi connectivity index (χ1v) is 7.09. The van der Waals surface area contributed by atoms with Crippen molar-refractivity contribution < 1.29 is 9.90 Å². The van der Waals surface area contributed by atoms with Crippen molar-refractivity contribution in [1.29, 1.82) is 0 Å². The highest BCUT2D eigenvalue weighted by Crippen LogP contribution is 2.23. The number of rotatable bonds is 4. The van der Waals surface area contributed by atoms with Crippen LogP contribution in [0.4, 0.5) is 0 Å². The van der Waals surface area contributed by atoms with Crippen LogP contribution in [0.3, 0.4) is 0 Å². The van der Waals surface area contributed by atoms with Crippen molar-refractivity contribution >= 4 is 17.5 Å². The summed E-state index contributed by atoms with van der Waals surface area (Å²) < 4.78 is 0. The number of phenolic OH excluding ortho intramolecular Hbond substituents is 1. The Labute approximate surface area is 129 Å². The minimum atomic E-state index is -0.241. The minimum Gasteiger partial charge on any atom is -0.507 e. The molecule has 0 unspecified atom stereocenters. The molecule has 0 saturated heterocycles. The Morgan fingerprint density at radius 1 is 1.33 bits per heavy atom. The fourth-order valence-electron chi connectivity index (χ4n) is 2.07. The van der Waals surface area contributed by atoms with Crippen LogP contribution in [0.2, 0.25) is 5.02 Å². The topological polar surface area (TPSA) is 53.4 Å². The molecule has 0 radical (unpaired) electrons. The third-order valence-electron chi connectivity index (χ3n) is 3.16. The lowest BCUT2D eigenvalue weighted by Crippen LogP contribution is -2.30. The van der Waals surface area contributed by atoms with Crippen LogP contribution in [0.25, 0.3) is 0 Å². The summed E-state index contributed by atoms with van der Waals surface area (Å²) in [6.07, 6.45) is 0. The number of phenols is 1. The Morgan fingerprint density at radius 3 is 2.71 bits per heavy atom. The molecule has 1 heterocycles. The quantitative estimate of drug-likeness (QED) is 0.941. The third kappa shape index (κ3) is 3.73. The van der Waals surface area contributed by atoms with E-state index < -0.39 is 0 Å². The highest BCUT2D eigenvalue weighted by atomic mass is 35.5. The molecule has 0 spiro atoms. The largest absolute Gasteiger partial charge is 0.507 e. The van der Waals surface area contributed by atoms with Crippen LogP contribution in [-0.2, 0) is 6.54 Å². The number of benzene rings is 1. The normalized spacial score (nSPS) is 10.4. The van der Waals surface area contributed by atoms with Crippen molar-refractivity contribution in [2.45, 2.75) is 20.4 Å². The minimum absolute atomic E-state index is 0.108. The number of aromatic hydroxyl groups is 1. The lowest BCUT2D eigenvalue weighted by Gasteiger charge is -2.21. The number of carbonyl (C=O) groups is 1. The second kappa shape index (κ2) is 6.59. The van der Waals surface area contributed by atoms with Gasteiger partial charge in [0.25, 0.3) is 5.91 Å². The highest BCUT2D eigenvalue weighted by molar-refractivity contribution is 6.30. The molecule has 1 amide bonds. The van der Waals surface area contributed by atoms with Crippen LogP contribution in [0.1, 0.15) is 28.7 Å². The molecule has 0 atom stereocenters. The van der Waals surface area contributed by atoms with E-state index in [1.165, 1.54) is 12.1 Å². The van der Waals surface area contributed by atoms with E-state index in [-0.39, 0.29) is 17.2 Å². The molecular formula is C16H17ClN2O2. The van der Waals surface area contributed by atoms with E-state index in [0.29, 0.717) is 18.1 Å². The van der Waals surface area contributed by atoms with Crippen molar-refractivity contribution in [3.63, 3.8) is 0 Å². The van der Waals surface area contributed by atoms with Crippen LogP contribution < -0.4 is 0 Å². The first-order valence-electron chi connectivity index (χ1n) is 6.71. The molecule has 0 aliphatic heterocycles. The number of aromatic nitrogens is 1. The lowest BCUT2D eigenvalue weighted by atomic mass is 10.1. The van der Waals surface area contributed by atoms with Gasteiger partial charge in [0.2, 0.25) is 0 Å². The predicted octanol–water partition coefficient (Wildman–Crippen LogP) is 3.41. The molecular weight excluding hydrogens is 288 g/mol. The predicted molar refractivity (Wildman–Crippen MR) is 82.5 cm³/mol. The van der Waals surface area contributed by atoms with Gasteiger partial charge in [-0.3, -0.25) is 9.78 Å². The summed E-state index contributed by atoms with van der Waals surface area (Å²) in [6.45, 7) is 4.73. The summed E-state index contributed by atoms with van der Waals surface area (Å²) in [5.74, 6) is -0.349. The van der Waals surface area contributed by atoms with E-state index >= 15 is 0 Å². The van der Waals surface area contributed by atoms with Gasteiger partial charge in [-0.25, -0.2) is 0 Å². The van der Waals surface area contributed by atoms with Crippen molar-refractivity contribution in [2.75, 3.05) is 6.54 Å². The molecule has 0 aliphatic rings. The van der Waals surface area contributed by atoms with Gasteiger partial charge in [0.05, 0.1) is 17.8 Å². The zero-order valence-corrected chi connectivity index (χ0v) is 12.8. The number of nitrogens with zero attached hydrogens (tertiary/aromatic N) is 2. The fourth-order valence-corrected chi connectivity index (χ4v) is 2.23. The molecule has 1 aromatic carbocycles. The number of carbonyl (C=O) groups excluding carboxylic acids is 1. The summed E-state index contributed by atoms with van der Waals surface area (Å²) in [4.78, 5) is 18.5. The molecule has 0 bridgehead atoms. The zero-order chi connectivity index (χ0) is 15.4. The second-order valence-corrected chi connectivity index (χ2v) is 5.19. The van der Waals surface area contributed by atoms with E-state index in [4.69, 9.17) is 11.6 Å². The van der Waals surface area contributed by atoms with Gasteiger partial charge >= 0.3 is 0 Å². The van der Waals surface area contributed by atoms with Gasteiger partial charge in [-0.05, 0) is 44.2 Å². The Balaban J connectivity index is 2.22. The molecule has 110 valence electrons. The summed E-state index contributed by atoms with van der Waals surface area (Å²) >= 11 is 5.79. The van der Waals surface area contributed by atoms with Crippen molar-refractivity contribution in [3.8, 4) is 5.75 Å². The van der Waals surface area contributed by atoms with Gasteiger partial charge in [-0.15, -0.1) is 0 Å². The molecule has 4 nitrogen and oxygen atoms in total. The van der Waals surface area contributed by atoms with Crippen molar-refractivity contribution in [2.24, 2.45) is 0 Å². The van der Waals surface area contributed by atoms with Crippen LogP contribution in [0, 0.1) is 6.92 Å². The summed E-state index contributed by atoms with van der Waals surface area (Å²) in [6, 6.07) is 10.2. The van der Waals surface area contributed by atoms with Gasteiger partial charge in [-0.1, -0.05) is 17.7 Å². The van der Waals surface area contributed by atoms with E-state index in [9.17, 15) is 9.90 Å². The standard InChI is InChI=1S/C16H17ClN2O2/c1-3-19(10-13-6-4-5-11(2)18-13)16(21)14-8-7-12(17)9-15(14)20/h4-9,20H,3,10H2,1-2H3. The Morgan fingerprint density at radius 2 is 2.10 bits per heavy atom. The fraction of sp³-hybridized carbons (Fsp3) is 0.250. The number of hydrogen-bond donors (Lipinski definition) is 1. The maximum Gasteiger partial charge on any atom is 0.257 e. The number of halogens is 1. The monoisotopic (exact) mass is 304 g/mol. The molecule has 2 rings (SSSR count). The molecule has 2 aromatic rings. The van der Waals surface area contributed by atoms with Gasteiger partial charge < -0.3 is 10.0 Å². The summed E-state index contributed by atoms with van der Waals surface area (Å²) in [7, 11) is 0. The van der Waals surface area contributed by atoms with Crippen LogP contribution in [0.15, 0.2) is 36.4 Å². The highest BCUT2D eigenvalue weighted by Gasteiger charge is 2.18. The number of pyridine rings is 1. The van der Waals surface area contributed by atoms with Crippen molar-refractivity contribution in [3.05, 3.63) is 58.4 Å². The Kier molecular flexibility index (Phi) is 4.81. The SMILES string of the molecule is CCN(Cc1cccc(C)n1)C(=O)c1ccc(Cl)cc1O. The van der Waals surface area contributed by atoms with Crippen LogP contribution in [-0.4, -0.2) is 27.4 Å². The maximum absolute atomic E-state index is 12.5. The van der Waals surface area contributed by atoms with Crippen LogP contribution >= 0.6 is 11.6 Å². The molecule has 21 heavy (non-hydrogen) atoms. The first-order chi connectivity index (χ1) is 10.0. The third-order valence-corrected chi connectivity index (χ3v) is 3.39. The smallest absolute Gasteiger partial charge is 0.257 e. The average Bonchev–Trinajstić information content (AvgIpc) is 2.44. The molecule has 5 heteroatoms. The lowest BCUT2D eigenvalue weighted by molar-refractivity contribution is 0.0747. The van der Waals surface area contributed by atoms with Gasteiger partial charge in [0, 0.05) is 17.3 Å². The Hall–Kier alpha value is -2.07. The van der Waals surface area contributed by atoms with Gasteiger partial charge in [-0.2, -0.15) is 0 Å². The van der Waals surface area contributed by atoms with Crippen molar-refractivity contribution in [1.82, 2.24) is 9.88 Å². The molecule has 0 saturated carbocycles. The molecule has 1 aromatic heterocycles. The van der Waals surface area contributed by atoms with Gasteiger partial charge in [0.15, 0.2) is 0 Å². The van der Waals surface area contributed by atoms with E-state index in [1.807, 2.05) is 32.0 Å². The summed E-state index contributed by atoms with van der Waals surface area (Å²) in [5.41, 5.74) is 1.97. The van der Waals surface area contributed by atoms with E-state index in [2.05, 4.69) is 4.98 Å². The zero-order valence-electron chi connectivity index (χ0n) is 12.0. The number of amides is 1. The van der Waals surface area contributed by atoms with Gasteiger partial charge in [0.1, 0.15) is 5.75 Å². The summed E-state index contributed by atoms with van der Waals surface area (Å²) in [5, 5.41) is 10.3. The van der Waals surface area contributed by atoms with Crippen LogP contribution in [0.5, 0.6) is 5.75 Å².